The lowest BCUT2D eigenvalue weighted by molar-refractivity contribution is 0.258. The average molecular weight is 342 g/mol. The number of aliphatic hydroxyl groups is 1. The van der Waals surface area contributed by atoms with E-state index in [1.807, 2.05) is 6.20 Å². The molecule has 0 unspecified atom stereocenters. The maximum Gasteiger partial charge on any atom is 0.243 e. The standard InChI is InChI=1S/C13H18N4O3S2/c18-7-3-11-9-17(15-14-11)12-1-5-16(6-2-12)22(19,20)13-4-8-21-10-13/h4,8-10,12,18H,1-3,5-7H2. The fraction of sp³-hybridized carbons (Fsp3) is 0.538. The molecule has 120 valence electrons. The van der Waals surface area contributed by atoms with Crippen molar-refractivity contribution in [1.29, 1.82) is 0 Å². The average Bonchev–Trinajstić information content (AvgIpc) is 3.20. The van der Waals surface area contributed by atoms with E-state index >= 15 is 0 Å². The highest BCUT2D eigenvalue weighted by Gasteiger charge is 2.30. The third-order valence-corrected chi connectivity index (χ3v) is 6.58. The normalized spacial score (nSPS) is 17.9. The van der Waals surface area contributed by atoms with Gasteiger partial charge in [-0.15, -0.1) is 5.10 Å². The Bertz CT molecular complexity index is 703. The van der Waals surface area contributed by atoms with E-state index in [0.29, 0.717) is 37.2 Å². The van der Waals surface area contributed by atoms with E-state index in [4.69, 9.17) is 5.11 Å². The first-order valence-corrected chi connectivity index (χ1v) is 9.53. The maximum absolute atomic E-state index is 12.5. The van der Waals surface area contributed by atoms with Gasteiger partial charge in [0, 0.05) is 37.7 Å². The second kappa shape index (κ2) is 6.45. The lowest BCUT2D eigenvalue weighted by atomic mass is 10.1. The van der Waals surface area contributed by atoms with Gasteiger partial charge in [0.05, 0.1) is 16.6 Å². The van der Waals surface area contributed by atoms with Crippen LogP contribution in [-0.2, 0) is 16.4 Å². The van der Waals surface area contributed by atoms with Crippen molar-refractivity contribution >= 4 is 21.4 Å². The van der Waals surface area contributed by atoms with Crippen LogP contribution in [0.4, 0.5) is 0 Å². The number of piperidine rings is 1. The second-order valence-corrected chi connectivity index (χ2v) is 7.98. The summed E-state index contributed by atoms with van der Waals surface area (Å²) in [6.45, 7) is 1.02. The summed E-state index contributed by atoms with van der Waals surface area (Å²) in [4.78, 5) is 0.377. The van der Waals surface area contributed by atoms with Crippen LogP contribution < -0.4 is 0 Å². The predicted molar refractivity (Wildman–Crippen MR) is 82.2 cm³/mol. The molecule has 0 aromatic carbocycles. The third-order valence-electron chi connectivity index (χ3n) is 3.86. The summed E-state index contributed by atoms with van der Waals surface area (Å²) in [5.74, 6) is 0. The molecular weight excluding hydrogens is 324 g/mol. The molecule has 0 bridgehead atoms. The van der Waals surface area contributed by atoms with Crippen LogP contribution >= 0.6 is 11.3 Å². The Kier molecular flexibility index (Phi) is 4.57. The third kappa shape index (κ3) is 3.07. The zero-order valence-corrected chi connectivity index (χ0v) is 13.6. The summed E-state index contributed by atoms with van der Waals surface area (Å²) >= 11 is 1.39. The molecule has 0 amide bonds. The molecule has 0 saturated carbocycles. The summed E-state index contributed by atoms with van der Waals surface area (Å²) in [6.07, 6.45) is 3.76. The van der Waals surface area contributed by atoms with Crippen LogP contribution in [0, 0.1) is 0 Å². The maximum atomic E-state index is 12.5. The monoisotopic (exact) mass is 342 g/mol. The van der Waals surface area contributed by atoms with Crippen molar-refractivity contribution in [3.63, 3.8) is 0 Å². The summed E-state index contributed by atoms with van der Waals surface area (Å²) in [5, 5.41) is 20.4. The first kappa shape index (κ1) is 15.6. The van der Waals surface area contributed by atoms with Crippen LogP contribution in [0.2, 0.25) is 0 Å². The van der Waals surface area contributed by atoms with Crippen LogP contribution in [0.1, 0.15) is 24.6 Å². The van der Waals surface area contributed by atoms with Crippen molar-refractivity contribution in [2.24, 2.45) is 0 Å². The van der Waals surface area contributed by atoms with Crippen LogP contribution in [-0.4, -0.2) is 52.5 Å². The number of hydrogen-bond donors (Lipinski definition) is 1. The quantitative estimate of drug-likeness (QED) is 0.872. The summed E-state index contributed by atoms with van der Waals surface area (Å²) in [6, 6.07) is 1.80. The Morgan fingerprint density at radius 1 is 1.36 bits per heavy atom. The fourth-order valence-electron chi connectivity index (χ4n) is 2.62. The molecule has 1 fully saturated rings. The van der Waals surface area contributed by atoms with E-state index in [1.54, 1.807) is 21.5 Å². The van der Waals surface area contributed by atoms with Crippen molar-refractivity contribution in [1.82, 2.24) is 19.3 Å². The van der Waals surface area contributed by atoms with Crippen LogP contribution in [0.25, 0.3) is 0 Å². The molecule has 0 aliphatic carbocycles. The fourth-order valence-corrected chi connectivity index (χ4v) is 5.10. The topological polar surface area (TPSA) is 88.3 Å². The largest absolute Gasteiger partial charge is 0.396 e. The lowest BCUT2D eigenvalue weighted by Crippen LogP contribution is -2.39. The number of aromatic nitrogens is 3. The molecule has 1 saturated heterocycles. The van der Waals surface area contributed by atoms with Gasteiger partial charge < -0.3 is 5.11 Å². The van der Waals surface area contributed by atoms with E-state index < -0.39 is 10.0 Å². The van der Waals surface area contributed by atoms with Crippen molar-refractivity contribution in [2.75, 3.05) is 19.7 Å². The number of aliphatic hydroxyl groups excluding tert-OH is 1. The van der Waals surface area contributed by atoms with Gasteiger partial charge in [0.1, 0.15) is 0 Å². The molecular formula is C13H18N4O3S2. The first-order valence-electron chi connectivity index (χ1n) is 7.15. The molecule has 0 spiro atoms. The van der Waals surface area contributed by atoms with Crippen molar-refractivity contribution in [3.8, 4) is 0 Å². The van der Waals surface area contributed by atoms with Gasteiger partial charge in [-0.1, -0.05) is 5.21 Å². The van der Waals surface area contributed by atoms with Crippen molar-refractivity contribution in [2.45, 2.75) is 30.2 Å². The van der Waals surface area contributed by atoms with Gasteiger partial charge in [0.25, 0.3) is 0 Å². The minimum Gasteiger partial charge on any atom is -0.396 e. The lowest BCUT2D eigenvalue weighted by Gasteiger charge is -2.30. The van der Waals surface area contributed by atoms with Gasteiger partial charge in [-0.3, -0.25) is 0 Å². The molecule has 1 N–H and O–H groups in total. The number of hydrogen-bond acceptors (Lipinski definition) is 6. The molecule has 9 heteroatoms. The van der Waals surface area contributed by atoms with Gasteiger partial charge in [0.2, 0.25) is 10.0 Å². The molecule has 2 aromatic rings. The van der Waals surface area contributed by atoms with Gasteiger partial charge in [-0.25, -0.2) is 13.1 Å². The molecule has 7 nitrogen and oxygen atoms in total. The Labute approximate surface area is 133 Å². The van der Waals surface area contributed by atoms with Crippen molar-refractivity contribution in [3.05, 3.63) is 28.7 Å². The van der Waals surface area contributed by atoms with Crippen LogP contribution in [0.5, 0.6) is 0 Å². The highest BCUT2D eigenvalue weighted by Crippen LogP contribution is 2.27. The van der Waals surface area contributed by atoms with Crippen LogP contribution in [0.15, 0.2) is 27.9 Å². The van der Waals surface area contributed by atoms with E-state index in [2.05, 4.69) is 10.3 Å². The molecule has 1 aliphatic rings. The van der Waals surface area contributed by atoms with Gasteiger partial charge in [0.15, 0.2) is 0 Å². The minimum absolute atomic E-state index is 0.0516. The molecule has 3 heterocycles. The number of rotatable bonds is 5. The van der Waals surface area contributed by atoms with E-state index in [1.165, 1.54) is 15.6 Å². The van der Waals surface area contributed by atoms with E-state index in [0.717, 1.165) is 5.69 Å². The van der Waals surface area contributed by atoms with E-state index in [-0.39, 0.29) is 12.6 Å². The molecule has 3 rings (SSSR count). The Hall–Kier alpha value is -1.29. The van der Waals surface area contributed by atoms with E-state index in [9.17, 15) is 8.42 Å². The Balaban J connectivity index is 1.65. The van der Waals surface area contributed by atoms with Crippen LogP contribution in [0.3, 0.4) is 0 Å². The summed E-state index contributed by atoms with van der Waals surface area (Å²) in [7, 11) is -3.36. The number of nitrogens with zero attached hydrogens (tertiary/aromatic N) is 4. The molecule has 0 atom stereocenters. The highest BCUT2D eigenvalue weighted by atomic mass is 32.2. The van der Waals surface area contributed by atoms with Gasteiger partial charge in [-0.05, 0) is 24.3 Å². The zero-order valence-electron chi connectivity index (χ0n) is 12.0. The van der Waals surface area contributed by atoms with Gasteiger partial charge in [-0.2, -0.15) is 15.6 Å². The SMILES string of the molecule is O=S(=O)(c1ccsc1)N1CCC(n2cc(CCO)nn2)CC1. The number of thiophene rings is 1. The first-order chi connectivity index (χ1) is 10.6. The molecule has 0 radical (unpaired) electrons. The molecule has 1 aliphatic heterocycles. The predicted octanol–water partition coefficient (Wildman–Crippen LogP) is 0.900. The molecule has 2 aromatic heterocycles. The number of sulfonamides is 1. The van der Waals surface area contributed by atoms with Gasteiger partial charge >= 0.3 is 0 Å². The minimum atomic E-state index is -3.36. The Morgan fingerprint density at radius 3 is 2.77 bits per heavy atom. The smallest absolute Gasteiger partial charge is 0.243 e. The van der Waals surface area contributed by atoms with Crippen molar-refractivity contribution < 1.29 is 13.5 Å². The second-order valence-electron chi connectivity index (χ2n) is 5.26. The zero-order chi connectivity index (χ0) is 15.6. The summed E-state index contributed by atoms with van der Waals surface area (Å²) < 4.78 is 28.2. The molecule has 22 heavy (non-hydrogen) atoms. The Morgan fingerprint density at radius 2 is 2.14 bits per heavy atom. The summed E-state index contributed by atoms with van der Waals surface area (Å²) in [5.41, 5.74) is 0.760. The highest BCUT2D eigenvalue weighted by molar-refractivity contribution is 7.89.